The second-order valence-corrected chi connectivity index (χ2v) is 14.0. The van der Waals surface area contributed by atoms with E-state index in [9.17, 15) is 0 Å². The van der Waals surface area contributed by atoms with E-state index in [4.69, 9.17) is 12.3 Å². The van der Waals surface area contributed by atoms with Gasteiger partial charge in [-0.15, -0.1) is 0 Å². The number of para-hydroxylation sites is 1. The third-order valence-electron chi connectivity index (χ3n) is 7.11. The van der Waals surface area contributed by atoms with Crippen LogP contribution in [0.3, 0.4) is 0 Å². The fourth-order valence-corrected chi connectivity index (χ4v) is 11.7. The van der Waals surface area contributed by atoms with Crippen molar-refractivity contribution in [3.05, 3.63) is 125 Å². The Morgan fingerprint density at radius 2 is 1.11 bits per heavy atom. The van der Waals surface area contributed by atoms with E-state index >= 15 is 0 Å². The third kappa shape index (κ3) is 4.77. The second kappa shape index (κ2) is 10.7. The molecular weight excluding hydrogens is 485 g/mol. The van der Waals surface area contributed by atoms with Crippen LogP contribution in [-0.2, 0) is 3.48 Å². The summed E-state index contributed by atoms with van der Waals surface area (Å²) in [6.45, 7) is 10.7. The topological polar surface area (TPSA) is 31.4 Å². The summed E-state index contributed by atoms with van der Waals surface area (Å²) < 4.78 is 13.7. The Morgan fingerprint density at radius 3 is 1.62 bits per heavy atom. The highest BCUT2D eigenvalue weighted by Gasteiger charge is 2.44. The van der Waals surface area contributed by atoms with Crippen LogP contribution in [0.15, 0.2) is 97.1 Å². The van der Waals surface area contributed by atoms with E-state index in [1.807, 2.05) is 19.1 Å². The van der Waals surface area contributed by atoms with Gasteiger partial charge in [-0.05, 0) is 84.6 Å². The molecule has 0 aliphatic rings. The van der Waals surface area contributed by atoms with Crippen LogP contribution in [0.1, 0.15) is 27.9 Å². The predicted molar refractivity (Wildman–Crippen MR) is 157 cm³/mol. The predicted octanol–water partition coefficient (Wildman–Crippen LogP) is 5.37. The SMILES string of the molecule is Cc1cc(C)c2cccc([O][Al][O][Si](c3ccccc3C)(c3ccccc3C)c3ccccc3C)c2n1. The van der Waals surface area contributed by atoms with Crippen molar-refractivity contribution >= 4 is 50.7 Å². The van der Waals surface area contributed by atoms with Gasteiger partial charge in [-0.3, -0.25) is 0 Å². The van der Waals surface area contributed by atoms with Gasteiger partial charge in [0.25, 0.3) is 8.32 Å². The molecule has 1 heterocycles. The lowest BCUT2D eigenvalue weighted by Crippen LogP contribution is -2.71. The van der Waals surface area contributed by atoms with Gasteiger partial charge in [0.1, 0.15) is 11.3 Å². The summed E-state index contributed by atoms with van der Waals surface area (Å²) >= 11 is -0.828. The number of benzene rings is 4. The summed E-state index contributed by atoms with van der Waals surface area (Å²) in [5.41, 5.74) is 6.79. The molecule has 0 unspecified atom stereocenters. The molecule has 0 atom stereocenters. The van der Waals surface area contributed by atoms with Gasteiger partial charge in [-0.1, -0.05) is 84.9 Å². The maximum Gasteiger partial charge on any atom is 0.763 e. The lowest BCUT2D eigenvalue weighted by molar-refractivity contribution is 0.468. The van der Waals surface area contributed by atoms with Crippen LogP contribution in [-0.4, -0.2) is 29.2 Å². The van der Waals surface area contributed by atoms with Crippen LogP contribution in [0.25, 0.3) is 10.9 Å². The minimum absolute atomic E-state index is 0.779. The van der Waals surface area contributed by atoms with Gasteiger partial charge in [-0.2, -0.15) is 0 Å². The molecule has 0 spiro atoms. The molecule has 0 bridgehead atoms. The van der Waals surface area contributed by atoms with E-state index in [-0.39, 0.29) is 0 Å². The van der Waals surface area contributed by atoms with Crippen molar-refractivity contribution in [1.82, 2.24) is 4.98 Å². The summed E-state index contributed by atoms with van der Waals surface area (Å²) in [6.07, 6.45) is 0. The highest BCUT2D eigenvalue weighted by Crippen LogP contribution is 2.27. The molecule has 1 radical (unpaired) electrons. The molecule has 183 valence electrons. The van der Waals surface area contributed by atoms with E-state index in [0.717, 1.165) is 22.3 Å². The first-order valence-corrected chi connectivity index (χ1v) is 15.5. The first kappa shape index (κ1) is 25.4. The van der Waals surface area contributed by atoms with Gasteiger partial charge in [0.15, 0.2) is 0 Å². The fraction of sp³-hybridized carbons (Fsp3) is 0.156. The minimum atomic E-state index is -2.91. The number of aromatic nitrogens is 1. The van der Waals surface area contributed by atoms with E-state index in [1.165, 1.54) is 37.8 Å². The molecule has 0 amide bonds. The lowest BCUT2D eigenvalue weighted by Gasteiger charge is -2.37. The Labute approximate surface area is 227 Å². The molecule has 5 aromatic rings. The maximum absolute atomic E-state index is 7.22. The number of aryl methyl sites for hydroxylation is 5. The quantitative estimate of drug-likeness (QED) is 0.215. The van der Waals surface area contributed by atoms with Crippen molar-refractivity contribution in [3.8, 4) is 5.75 Å². The lowest BCUT2D eigenvalue weighted by atomic mass is 10.1. The average molecular weight is 517 g/mol. The van der Waals surface area contributed by atoms with Crippen LogP contribution in [0, 0.1) is 34.6 Å². The molecule has 5 rings (SSSR count). The van der Waals surface area contributed by atoms with E-state index in [0.29, 0.717) is 0 Å². The molecule has 0 aliphatic carbocycles. The van der Waals surface area contributed by atoms with Gasteiger partial charge in [0.2, 0.25) is 0 Å². The van der Waals surface area contributed by atoms with E-state index < -0.39 is 24.2 Å². The summed E-state index contributed by atoms with van der Waals surface area (Å²) in [5, 5.41) is 4.90. The minimum Gasteiger partial charge on any atom is -0.625 e. The molecule has 0 aliphatic heterocycles. The number of hydrogen-bond donors (Lipinski definition) is 0. The highest BCUT2D eigenvalue weighted by molar-refractivity contribution is 7.09. The zero-order chi connectivity index (χ0) is 26.0. The van der Waals surface area contributed by atoms with Gasteiger partial charge in [-0.25, -0.2) is 4.98 Å². The Kier molecular flexibility index (Phi) is 7.33. The van der Waals surface area contributed by atoms with E-state index in [2.05, 4.69) is 113 Å². The number of rotatable bonds is 7. The Bertz CT molecular complexity index is 1470. The van der Waals surface area contributed by atoms with Crippen LogP contribution < -0.4 is 19.3 Å². The van der Waals surface area contributed by atoms with Crippen molar-refractivity contribution in [2.24, 2.45) is 0 Å². The summed E-state index contributed by atoms with van der Waals surface area (Å²) in [6, 6.07) is 34.2. The van der Waals surface area contributed by atoms with Crippen molar-refractivity contribution in [2.45, 2.75) is 34.6 Å². The van der Waals surface area contributed by atoms with Crippen LogP contribution in [0.5, 0.6) is 5.75 Å². The summed E-state index contributed by atoms with van der Waals surface area (Å²) in [5.74, 6) is 0.779. The summed E-state index contributed by atoms with van der Waals surface area (Å²) in [4.78, 5) is 4.81. The van der Waals surface area contributed by atoms with Crippen molar-refractivity contribution in [3.63, 3.8) is 0 Å². The van der Waals surface area contributed by atoms with Crippen molar-refractivity contribution < 1.29 is 7.27 Å². The number of nitrogens with zero attached hydrogens (tertiary/aromatic N) is 1. The van der Waals surface area contributed by atoms with Crippen molar-refractivity contribution in [1.29, 1.82) is 0 Å². The smallest absolute Gasteiger partial charge is 0.625 e. The van der Waals surface area contributed by atoms with Crippen molar-refractivity contribution in [2.75, 3.05) is 0 Å². The second-order valence-electron chi connectivity index (χ2n) is 9.69. The highest BCUT2D eigenvalue weighted by atomic mass is 28.4. The monoisotopic (exact) mass is 516 g/mol. The number of fused-ring (bicyclic) bond motifs is 1. The maximum atomic E-state index is 7.22. The standard InChI is InChI=1S/C21H21OSi.C11H11NO.Al/c1-16-10-4-7-13-19(16)23(22,20-14-8-5-11-17(20)2)21-15-9-6-12-18(21)3;1-7-6-8(2)12-11-9(7)4-3-5-10(11)13;/h4-15H,1-3H3;3-6,13H,1-2H3;/q-1;;+2/p-1. The molecule has 5 heteroatoms. The van der Waals surface area contributed by atoms with E-state index in [1.54, 1.807) is 0 Å². The first-order valence-electron chi connectivity index (χ1n) is 12.6. The van der Waals surface area contributed by atoms with Gasteiger partial charge in [0, 0.05) is 11.1 Å². The molecule has 0 saturated heterocycles. The number of hydrogen-bond acceptors (Lipinski definition) is 3. The molecular formula is C32H31AlNO2Si. The molecule has 37 heavy (non-hydrogen) atoms. The molecule has 0 N–H and O–H groups in total. The van der Waals surface area contributed by atoms with Gasteiger partial charge in [0.05, 0.1) is 0 Å². The first-order chi connectivity index (χ1) is 17.9. The van der Waals surface area contributed by atoms with Crippen LogP contribution in [0.4, 0.5) is 0 Å². The third-order valence-corrected chi connectivity index (χ3v) is 13.2. The summed E-state index contributed by atoms with van der Waals surface area (Å²) in [7, 11) is -2.91. The largest absolute Gasteiger partial charge is 0.763 e. The van der Waals surface area contributed by atoms with Gasteiger partial charge < -0.3 is 7.27 Å². The average Bonchev–Trinajstić information content (AvgIpc) is 2.88. The Hall–Kier alpha value is -3.20. The zero-order valence-corrected chi connectivity index (χ0v) is 24.2. The zero-order valence-electron chi connectivity index (χ0n) is 22.1. The number of pyridine rings is 1. The molecule has 0 saturated carbocycles. The molecule has 3 nitrogen and oxygen atoms in total. The van der Waals surface area contributed by atoms with Gasteiger partial charge >= 0.3 is 15.9 Å². The molecule has 4 aromatic carbocycles. The fourth-order valence-electron chi connectivity index (χ4n) is 5.33. The molecule has 1 aromatic heterocycles. The Morgan fingerprint density at radius 1 is 0.595 bits per heavy atom. The normalized spacial score (nSPS) is 11.5. The Balaban J connectivity index is 1.66. The molecule has 0 fully saturated rings. The van der Waals surface area contributed by atoms with Crippen LogP contribution >= 0.6 is 0 Å². The van der Waals surface area contributed by atoms with Crippen LogP contribution in [0.2, 0.25) is 0 Å².